The molecule has 0 radical (unpaired) electrons. The molecule has 0 saturated heterocycles. The summed E-state index contributed by atoms with van der Waals surface area (Å²) >= 11 is 7.83. The van der Waals surface area contributed by atoms with Gasteiger partial charge in [0.05, 0.1) is 12.2 Å². The molecule has 3 aliphatic rings. The SMILES string of the molecule is CCOC(=O)c1c(NC(=O)C2=C(C)NC3=C(C(=O)CC(C)(C)C3)[C@@H]2c2cccc(Cl)c2)sc2c1CCCC2. The normalized spacial score (nSPS) is 20.4. The van der Waals surface area contributed by atoms with Crippen LogP contribution in [0.15, 0.2) is 46.8 Å². The van der Waals surface area contributed by atoms with E-state index in [0.29, 0.717) is 45.3 Å². The number of hydrogen-bond acceptors (Lipinski definition) is 6. The number of ether oxygens (including phenoxy) is 1. The summed E-state index contributed by atoms with van der Waals surface area (Å²) in [5.74, 6) is -1.27. The van der Waals surface area contributed by atoms with Gasteiger partial charge in [-0.2, -0.15) is 0 Å². The molecule has 1 atom stereocenters. The Kier molecular flexibility index (Phi) is 7.27. The number of hydrogen-bond donors (Lipinski definition) is 2. The standard InChI is InChI=1S/C30H33ClN2O4S/c1-5-37-29(36)25-19-11-6-7-12-22(19)38-28(25)33-27(35)23-16(2)32-20-14-30(3,4)15-21(34)26(20)24(23)17-9-8-10-18(31)13-17/h8-10,13,24,32H,5-7,11-12,14-15H2,1-4H3,(H,33,35)/t24-/m1/s1. The van der Waals surface area contributed by atoms with Crippen molar-refractivity contribution < 1.29 is 19.1 Å². The lowest BCUT2D eigenvalue weighted by Gasteiger charge is -2.39. The number of halogens is 1. The summed E-state index contributed by atoms with van der Waals surface area (Å²) in [6.45, 7) is 8.08. The molecule has 0 spiro atoms. The Labute approximate surface area is 232 Å². The number of ketones is 1. The maximum atomic E-state index is 14.1. The Morgan fingerprint density at radius 2 is 1.97 bits per heavy atom. The lowest BCUT2D eigenvalue weighted by Crippen LogP contribution is -2.39. The lowest BCUT2D eigenvalue weighted by molar-refractivity contribution is -0.118. The van der Waals surface area contributed by atoms with Crippen molar-refractivity contribution in [1.29, 1.82) is 0 Å². The number of carbonyl (C=O) groups excluding carboxylic acids is 3. The van der Waals surface area contributed by atoms with Crippen LogP contribution in [-0.2, 0) is 27.2 Å². The van der Waals surface area contributed by atoms with Crippen molar-refractivity contribution >= 4 is 45.6 Å². The molecule has 0 bridgehead atoms. The van der Waals surface area contributed by atoms with Crippen LogP contribution >= 0.6 is 22.9 Å². The van der Waals surface area contributed by atoms with Gasteiger partial charge in [0.2, 0.25) is 0 Å². The average molecular weight is 553 g/mol. The summed E-state index contributed by atoms with van der Waals surface area (Å²) in [7, 11) is 0. The van der Waals surface area contributed by atoms with Gasteiger partial charge >= 0.3 is 5.97 Å². The summed E-state index contributed by atoms with van der Waals surface area (Å²) in [6.07, 6.45) is 4.86. The molecule has 6 nitrogen and oxygen atoms in total. The highest BCUT2D eigenvalue weighted by molar-refractivity contribution is 7.17. The predicted molar refractivity (Wildman–Crippen MR) is 151 cm³/mol. The second kappa shape index (κ2) is 10.3. The number of carbonyl (C=O) groups is 3. The molecule has 2 aromatic rings. The van der Waals surface area contributed by atoms with Crippen LogP contribution in [0.5, 0.6) is 0 Å². The molecule has 200 valence electrons. The van der Waals surface area contributed by atoms with Gasteiger partial charge < -0.3 is 15.4 Å². The van der Waals surface area contributed by atoms with E-state index in [-0.39, 0.29) is 23.7 Å². The van der Waals surface area contributed by atoms with E-state index in [1.54, 1.807) is 13.0 Å². The number of nitrogens with one attached hydrogen (secondary N) is 2. The van der Waals surface area contributed by atoms with Gasteiger partial charge in [0.1, 0.15) is 5.00 Å². The van der Waals surface area contributed by atoms with E-state index in [2.05, 4.69) is 24.5 Å². The van der Waals surface area contributed by atoms with E-state index in [9.17, 15) is 14.4 Å². The van der Waals surface area contributed by atoms with Crippen LogP contribution < -0.4 is 10.6 Å². The molecule has 1 amide bonds. The van der Waals surface area contributed by atoms with Gasteiger partial charge in [-0.1, -0.05) is 37.6 Å². The van der Waals surface area contributed by atoms with Gasteiger partial charge in [0.15, 0.2) is 5.78 Å². The highest BCUT2D eigenvalue weighted by atomic mass is 35.5. The second-order valence-electron chi connectivity index (χ2n) is 11.1. The molecular weight excluding hydrogens is 520 g/mol. The van der Waals surface area contributed by atoms with Crippen LogP contribution in [0.1, 0.15) is 85.7 Å². The van der Waals surface area contributed by atoms with Gasteiger partial charge in [-0.25, -0.2) is 4.79 Å². The van der Waals surface area contributed by atoms with Gasteiger partial charge in [-0.15, -0.1) is 11.3 Å². The maximum Gasteiger partial charge on any atom is 0.341 e. The highest BCUT2D eigenvalue weighted by Crippen LogP contribution is 2.47. The average Bonchev–Trinajstić information content (AvgIpc) is 3.20. The van der Waals surface area contributed by atoms with Crippen LogP contribution in [0, 0.1) is 5.41 Å². The van der Waals surface area contributed by atoms with Crippen molar-refractivity contribution in [3.05, 3.63) is 73.4 Å². The third-order valence-electron chi connectivity index (χ3n) is 7.54. The van der Waals surface area contributed by atoms with Crippen molar-refractivity contribution in [3.8, 4) is 0 Å². The zero-order chi connectivity index (χ0) is 27.2. The maximum absolute atomic E-state index is 14.1. The first kappa shape index (κ1) is 26.7. The van der Waals surface area contributed by atoms with Crippen molar-refractivity contribution in [2.75, 3.05) is 11.9 Å². The van der Waals surface area contributed by atoms with E-state index < -0.39 is 11.9 Å². The molecular formula is C30H33ClN2O4S. The number of allylic oxidation sites excluding steroid dienone is 3. The third-order valence-corrected chi connectivity index (χ3v) is 8.99. The minimum absolute atomic E-state index is 0.0327. The fourth-order valence-electron chi connectivity index (χ4n) is 6.00. The number of anilines is 1. The first-order valence-corrected chi connectivity index (χ1v) is 14.4. The number of aryl methyl sites for hydroxylation is 1. The van der Waals surface area contributed by atoms with Crippen molar-refractivity contribution in [2.24, 2.45) is 5.41 Å². The minimum atomic E-state index is -0.561. The summed E-state index contributed by atoms with van der Waals surface area (Å²) in [5.41, 5.74) is 4.71. The van der Waals surface area contributed by atoms with E-state index in [1.165, 1.54) is 11.3 Å². The van der Waals surface area contributed by atoms with Crippen molar-refractivity contribution in [3.63, 3.8) is 0 Å². The van der Waals surface area contributed by atoms with Gasteiger partial charge in [0, 0.05) is 44.8 Å². The van der Waals surface area contributed by atoms with Crippen LogP contribution in [0.25, 0.3) is 0 Å². The number of esters is 1. The zero-order valence-corrected chi connectivity index (χ0v) is 23.8. The Hall–Kier alpha value is -2.90. The van der Waals surface area contributed by atoms with Crippen LogP contribution in [0.2, 0.25) is 5.02 Å². The smallest absolute Gasteiger partial charge is 0.341 e. The number of dihydropyridines is 1. The number of thiophene rings is 1. The number of fused-ring (bicyclic) bond motifs is 1. The molecule has 0 unspecified atom stereocenters. The number of benzene rings is 1. The van der Waals surface area contributed by atoms with Gasteiger partial charge in [-0.05, 0) is 74.6 Å². The van der Waals surface area contributed by atoms with E-state index in [4.69, 9.17) is 16.3 Å². The van der Waals surface area contributed by atoms with Crippen LogP contribution in [0.3, 0.4) is 0 Å². The summed E-state index contributed by atoms with van der Waals surface area (Å²) in [6, 6.07) is 7.36. The minimum Gasteiger partial charge on any atom is -0.462 e. The Bertz CT molecular complexity index is 1400. The van der Waals surface area contributed by atoms with E-state index in [0.717, 1.165) is 47.4 Å². The first-order chi connectivity index (χ1) is 18.1. The molecule has 1 aromatic heterocycles. The summed E-state index contributed by atoms with van der Waals surface area (Å²) < 4.78 is 5.37. The number of rotatable bonds is 5. The fourth-order valence-corrected chi connectivity index (χ4v) is 7.47. The van der Waals surface area contributed by atoms with Crippen molar-refractivity contribution in [2.45, 2.75) is 72.1 Å². The number of amides is 1. The summed E-state index contributed by atoms with van der Waals surface area (Å²) in [4.78, 5) is 41.7. The highest BCUT2D eigenvalue weighted by Gasteiger charge is 2.43. The Morgan fingerprint density at radius 3 is 2.71 bits per heavy atom. The topological polar surface area (TPSA) is 84.5 Å². The molecule has 1 aromatic carbocycles. The van der Waals surface area contributed by atoms with E-state index in [1.807, 2.05) is 25.1 Å². The van der Waals surface area contributed by atoms with Gasteiger partial charge in [0.25, 0.3) is 5.91 Å². The van der Waals surface area contributed by atoms with Crippen LogP contribution in [0.4, 0.5) is 5.00 Å². The lowest BCUT2D eigenvalue weighted by atomic mass is 9.68. The molecule has 38 heavy (non-hydrogen) atoms. The molecule has 2 aliphatic carbocycles. The number of Topliss-reactive ketones (excluding diaryl/α,β-unsaturated/α-hetero) is 1. The predicted octanol–water partition coefficient (Wildman–Crippen LogP) is 6.70. The Balaban J connectivity index is 1.58. The molecule has 5 rings (SSSR count). The van der Waals surface area contributed by atoms with Crippen molar-refractivity contribution in [1.82, 2.24) is 5.32 Å². The van der Waals surface area contributed by atoms with Crippen LogP contribution in [-0.4, -0.2) is 24.3 Å². The molecule has 2 heterocycles. The molecule has 0 saturated carbocycles. The quantitative estimate of drug-likeness (QED) is 0.403. The monoisotopic (exact) mass is 552 g/mol. The third kappa shape index (κ3) is 4.94. The second-order valence-corrected chi connectivity index (χ2v) is 12.6. The fraction of sp³-hybridized carbons (Fsp3) is 0.433. The zero-order valence-electron chi connectivity index (χ0n) is 22.3. The summed E-state index contributed by atoms with van der Waals surface area (Å²) in [5, 5.41) is 7.52. The molecule has 0 fully saturated rings. The molecule has 8 heteroatoms. The Morgan fingerprint density at radius 1 is 1.21 bits per heavy atom. The molecule has 2 N–H and O–H groups in total. The largest absolute Gasteiger partial charge is 0.462 e. The molecule has 1 aliphatic heterocycles. The van der Waals surface area contributed by atoms with E-state index >= 15 is 0 Å². The first-order valence-electron chi connectivity index (χ1n) is 13.2. The van der Waals surface area contributed by atoms with Gasteiger partial charge in [-0.3, -0.25) is 9.59 Å².